The molecule has 158 valence electrons. The predicted octanol–water partition coefficient (Wildman–Crippen LogP) is 5.37. The molecule has 0 amide bonds. The van der Waals surface area contributed by atoms with E-state index in [-0.39, 0.29) is 6.61 Å². The second kappa shape index (κ2) is 10.3. The SMILES string of the molecule is CCSN1CCC(Nc2cc(-c3ccc(CCCO)cc3)cc3ccncc23)CC1. The lowest BCUT2D eigenvalue weighted by Crippen LogP contribution is -2.35. The number of aliphatic hydroxyl groups is 1. The summed E-state index contributed by atoms with van der Waals surface area (Å²) >= 11 is 1.95. The van der Waals surface area contributed by atoms with Crippen molar-refractivity contribution in [1.29, 1.82) is 0 Å². The molecule has 2 N–H and O–H groups in total. The molecule has 1 aliphatic heterocycles. The fourth-order valence-electron chi connectivity index (χ4n) is 4.16. The molecule has 1 saturated heterocycles. The van der Waals surface area contributed by atoms with Crippen LogP contribution in [0.3, 0.4) is 0 Å². The number of hydrogen-bond acceptors (Lipinski definition) is 5. The third-order valence-corrected chi connectivity index (χ3v) is 6.78. The minimum atomic E-state index is 0.242. The number of aryl methyl sites for hydroxylation is 1. The molecule has 2 aromatic carbocycles. The van der Waals surface area contributed by atoms with Crippen LogP contribution >= 0.6 is 11.9 Å². The largest absolute Gasteiger partial charge is 0.396 e. The summed E-state index contributed by atoms with van der Waals surface area (Å²) in [5.41, 5.74) is 4.90. The van der Waals surface area contributed by atoms with Crippen LogP contribution in [0.25, 0.3) is 21.9 Å². The Balaban J connectivity index is 1.57. The molecule has 0 radical (unpaired) electrons. The second-order valence-corrected chi connectivity index (χ2v) is 9.26. The van der Waals surface area contributed by atoms with Gasteiger partial charge in [0, 0.05) is 55.0 Å². The van der Waals surface area contributed by atoms with Gasteiger partial charge in [0.25, 0.3) is 0 Å². The summed E-state index contributed by atoms with van der Waals surface area (Å²) < 4.78 is 2.49. The molecule has 0 aliphatic carbocycles. The molecule has 5 heteroatoms. The summed E-state index contributed by atoms with van der Waals surface area (Å²) in [7, 11) is 0. The molecule has 4 nitrogen and oxygen atoms in total. The Bertz CT molecular complexity index is 952. The quantitative estimate of drug-likeness (QED) is 0.479. The Labute approximate surface area is 183 Å². The van der Waals surface area contributed by atoms with E-state index in [2.05, 4.69) is 64.0 Å². The lowest BCUT2D eigenvalue weighted by Gasteiger charge is -2.32. The Morgan fingerprint density at radius 1 is 1.10 bits per heavy atom. The van der Waals surface area contributed by atoms with Crippen LogP contribution in [-0.4, -0.2) is 45.9 Å². The molecular weight excluding hydrogens is 390 g/mol. The van der Waals surface area contributed by atoms with E-state index in [4.69, 9.17) is 5.11 Å². The van der Waals surface area contributed by atoms with Crippen LogP contribution in [0.5, 0.6) is 0 Å². The lowest BCUT2D eigenvalue weighted by molar-refractivity contribution is 0.288. The summed E-state index contributed by atoms with van der Waals surface area (Å²) in [6.07, 6.45) is 7.90. The zero-order chi connectivity index (χ0) is 20.8. The average Bonchev–Trinajstić information content (AvgIpc) is 2.79. The van der Waals surface area contributed by atoms with E-state index in [9.17, 15) is 0 Å². The van der Waals surface area contributed by atoms with E-state index in [1.165, 1.54) is 46.0 Å². The van der Waals surface area contributed by atoms with Gasteiger partial charge in [-0.25, -0.2) is 0 Å². The summed E-state index contributed by atoms with van der Waals surface area (Å²) in [6.45, 7) is 4.74. The topological polar surface area (TPSA) is 48.4 Å². The molecule has 2 heterocycles. The molecular formula is C25H31N3OS. The Hall–Kier alpha value is -2.08. The van der Waals surface area contributed by atoms with Gasteiger partial charge in [0.2, 0.25) is 0 Å². The van der Waals surface area contributed by atoms with E-state index in [1.54, 1.807) is 0 Å². The number of fused-ring (bicyclic) bond motifs is 1. The van der Waals surface area contributed by atoms with Gasteiger partial charge >= 0.3 is 0 Å². The van der Waals surface area contributed by atoms with Gasteiger partial charge in [-0.2, -0.15) is 0 Å². The van der Waals surface area contributed by atoms with Crippen molar-refractivity contribution in [3.05, 3.63) is 60.4 Å². The normalized spacial score (nSPS) is 15.5. The van der Waals surface area contributed by atoms with Crippen LogP contribution in [0, 0.1) is 0 Å². The maximum atomic E-state index is 9.05. The van der Waals surface area contributed by atoms with Crippen LogP contribution in [0.4, 0.5) is 5.69 Å². The van der Waals surface area contributed by atoms with Gasteiger partial charge < -0.3 is 10.4 Å². The van der Waals surface area contributed by atoms with Gasteiger partial charge in [-0.3, -0.25) is 9.29 Å². The minimum Gasteiger partial charge on any atom is -0.396 e. The average molecular weight is 422 g/mol. The van der Waals surface area contributed by atoms with Crippen molar-refractivity contribution in [2.24, 2.45) is 0 Å². The second-order valence-electron chi connectivity index (χ2n) is 7.91. The molecule has 1 aromatic heterocycles. The molecule has 4 rings (SSSR count). The number of anilines is 1. The molecule has 0 saturated carbocycles. The standard InChI is InChI=1S/C25H31N3OS/c1-2-30-28-13-10-23(11-14-28)27-25-17-22(16-21-9-12-26-18-24(21)25)20-7-5-19(6-8-20)4-3-15-29/h5-9,12,16-18,23,27,29H,2-4,10-11,13-15H2,1H3. The maximum Gasteiger partial charge on any atom is 0.0443 e. The van der Waals surface area contributed by atoms with Gasteiger partial charge in [0.15, 0.2) is 0 Å². The summed E-state index contributed by atoms with van der Waals surface area (Å²) in [5.74, 6) is 1.15. The third kappa shape index (κ3) is 5.15. The number of pyridine rings is 1. The number of aromatic nitrogens is 1. The van der Waals surface area contributed by atoms with Gasteiger partial charge in [0.05, 0.1) is 0 Å². The Kier molecular flexibility index (Phi) is 7.26. The number of piperidine rings is 1. The molecule has 0 bridgehead atoms. The number of hydrogen-bond donors (Lipinski definition) is 2. The first-order valence-corrected chi connectivity index (χ1v) is 11.9. The van der Waals surface area contributed by atoms with E-state index >= 15 is 0 Å². The number of aliphatic hydroxyl groups excluding tert-OH is 1. The minimum absolute atomic E-state index is 0.242. The number of nitrogens with zero attached hydrogens (tertiary/aromatic N) is 2. The van der Waals surface area contributed by atoms with Crippen LogP contribution in [0.2, 0.25) is 0 Å². The first-order chi connectivity index (χ1) is 14.8. The Morgan fingerprint density at radius 3 is 2.63 bits per heavy atom. The van der Waals surface area contributed by atoms with Gasteiger partial charge in [-0.05, 0) is 66.0 Å². The van der Waals surface area contributed by atoms with Gasteiger partial charge in [-0.1, -0.05) is 43.1 Å². The molecule has 0 atom stereocenters. The van der Waals surface area contributed by atoms with E-state index in [1.807, 2.05) is 24.3 Å². The van der Waals surface area contributed by atoms with Crippen molar-refractivity contribution in [3.63, 3.8) is 0 Å². The van der Waals surface area contributed by atoms with Gasteiger partial charge in [-0.15, -0.1) is 0 Å². The summed E-state index contributed by atoms with van der Waals surface area (Å²) in [6, 6.07) is 15.9. The molecule has 30 heavy (non-hydrogen) atoms. The van der Waals surface area contributed by atoms with Crippen LogP contribution in [0.1, 0.15) is 31.7 Å². The molecule has 1 fully saturated rings. The fourth-order valence-corrected chi connectivity index (χ4v) is 5.00. The van der Waals surface area contributed by atoms with Crippen molar-refractivity contribution in [2.75, 3.05) is 30.8 Å². The highest BCUT2D eigenvalue weighted by Crippen LogP contribution is 2.32. The van der Waals surface area contributed by atoms with Crippen molar-refractivity contribution in [1.82, 2.24) is 9.29 Å². The van der Waals surface area contributed by atoms with Crippen LogP contribution < -0.4 is 5.32 Å². The lowest BCUT2D eigenvalue weighted by atomic mass is 9.98. The first-order valence-electron chi connectivity index (χ1n) is 11.0. The highest BCUT2D eigenvalue weighted by molar-refractivity contribution is 7.96. The van der Waals surface area contributed by atoms with Gasteiger partial charge in [0.1, 0.15) is 0 Å². The molecule has 0 spiro atoms. The van der Waals surface area contributed by atoms with Crippen molar-refractivity contribution in [2.45, 2.75) is 38.6 Å². The van der Waals surface area contributed by atoms with Crippen molar-refractivity contribution in [3.8, 4) is 11.1 Å². The number of nitrogens with one attached hydrogen (secondary N) is 1. The molecule has 1 aliphatic rings. The summed E-state index contributed by atoms with van der Waals surface area (Å²) in [4.78, 5) is 4.37. The zero-order valence-electron chi connectivity index (χ0n) is 17.7. The Morgan fingerprint density at radius 2 is 1.90 bits per heavy atom. The predicted molar refractivity (Wildman–Crippen MR) is 129 cm³/mol. The number of benzene rings is 2. The van der Waals surface area contributed by atoms with Crippen molar-refractivity contribution < 1.29 is 5.11 Å². The van der Waals surface area contributed by atoms with E-state index in [0.29, 0.717) is 6.04 Å². The smallest absolute Gasteiger partial charge is 0.0443 e. The zero-order valence-corrected chi connectivity index (χ0v) is 18.5. The third-order valence-electron chi connectivity index (χ3n) is 5.79. The highest BCUT2D eigenvalue weighted by atomic mass is 32.2. The molecule has 3 aromatic rings. The fraction of sp³-hybridized carbons (Fsp3) is 0.400. The number of rotatable bonds is 8. The first kappa shape index (κ1) is 21.2. The monoisotopic (exact) mass is 421 g/mol. The highest BCUT2D eigenvalue weighted by Gasteiger charge is 2.20. The van der Waals surface area contributed by atoms with Crippen LogP contribution in [0.15, 0.2) is 54.9 Å². The summed E-state index contributed by atoms with van der Waals surface area (Å²) in [5, 5.41) is 15.3. The molecule has 0 unspecified atom stereocenters. The maximum absolute atomic E-state index is 9.05. The van der Waals surface area contributed by atoms with E-state index in [0.717, 1.165) is 31.7 Å². The van der Waals surface area contributed by atoms with Crippen molar-refractivity contribution >= 4 is 28.4 Å². The van der Waals surface area contributed by atoms with E-state index < -0.39 is 0 Å². The van der Waals surface area contributed by atoms with Crippen LogP contribution in [-0.2, 0) is 6.42 Å².